The molecule has 0 spiro atoms. The second-order valence-corrected chi connectivity index (χ2v) is 13.2. The van der Waals surface area contributed by atoms with Crippen LogP contribution in [0.3, 0.4) is 0 Å². The van der Waals surface area contributed by atoms with Gasteiger partial charge in [-0.25, -0.2) is 0 Å². The molecule has 0 bridgehead atoms. The number of hydrogen-bond donors (Lipinski definition) is 0. The van der Waals surface area contributed by atoms with Gasteiger partial charge in [0.15, 0.2) is 0 Å². The first kappa shape index (κ1) is 26.6. The molecule has 0 aliphatic rings. The van der Waals surface area contributed by atoms with Crippen LogP contribution in [0.4, 0.5) is 0 Å². The highest BCUT2D eigenvalue weighted by Gasteiger charge is 2.20. The van der Waals surface area contributed by atoms with Crippen molar-refractivity contribution in [3.05, 3.63) is 170 Å². The number of furan rings is 1. The third-order valence-corrected chi connectivity index (χ3v) is 10.6. The topological polar surface area (TPSA) is 13.1 Å². The predicted molar refractivity (Wildman–Crippen MR) is 209 cm³/mol. The van der Waals surface area contributed by atoms with Crippen LogP contribution in [0.15, 0.2) is 174 Å². The fourth-order valence-electron chi connectivity index (χ4n) is 8.48. The molecule has 10 aromatic carbocycles. The molecule has 1 nitrogen and oxygen atoms in total. The summed E-state index contributed by atoms with van der Waals surface area (Å²) in [6.45, 7) is 0. The van der Waals surface area contributed by atoms with E-state index in [9.17, 15) is 0 Å². The van der Waals surface area contributed by atoms with Gasteiger partial charge in [-0.3, -0.25) is 0 Å². The van der Waals surface area contributed by atoms with Crippen molar-refractivity contribution in [3.8, 4) is 33.4 Å². The van der Waals surface area contributed by atoms with E-state index < -0.39 is 0 Å². The molecule has 11 aromatic rings. The molecule has 226 valence electrons. The second kappa shape index (κ2) is 10.0. The first-order valence-electron chi connectivity index (χ1n) is 16.9. The molecule has 0 aliphatic heterocycles. The Morgan fingerprint density at radius 2 is 0.694 bits per heavy atom. The Bertz CT molecular complexity index is 3090. The summed E-state index contributed by atoms with van der Waals surface area (Å²) in [5.41, 5.74) is 9.10. The van der Waals surface area contributed by atoms with Crippen LogP contribution in [-0.4, -0.2) is 0 Å². The minimum absolute atomic E-state index is 0.907. The number of benzene rings is 10. The molecule has 0 atom stereocenters. The van der Waals surface area contributed by atoms with E-state index in [1.807, 2.05) is 0 Å². The molecule has 1 aromatic heterocycles. The Kier molecular flexibility index (Phi) is 5.45. The summed E-state index contributed by atoms with van der Waals surface area (Å²) in [4.78, 5) is 0. The van der Waals surface area contributed by atoms with Crippen molar-refractivity contribution >= 4 is 75.8 Å². The highest BCUT2D eigenvalue weighted by Crippen LogP contribution is 2.46. The number of rotatable bonds is 3. The van der Waals surface area contributed by atoms with Crippen LogP contribution >= 0.6 is 0 Å². The Labute approximate surface area is 282 Å². The van der Waals surface area contributed by atoms with Gasteiger partial charge in [0.1, 0.15) is 11.2 Å². The van der Waals surface area contributed by atoms with Crippen LogP contribution in [0.1, 0.15) is 0 Å². The van der Waals surface area contributed by atoms with E-state index in [0.29, 0.717) is 0 Å². The molecular weight excluding hydrogens is 593 g/mol. The summed E-state index contributed by atoms with van der Waals surface area (Å²) in [5.74, 6) is 0. The van der Waals surface area contributed by atoms with E-state index >= 15 is 0 Å². The fourth-order valence-corrected chi connectivity index (χ4v) is 8.48. The largest absolute Gasteiger partial charge is 0.455 e. The average Bonchev–Trinajstić information content (AvgIpc) is 3.56. The van der Waals surface area contributed by atoms with Crippen molar-refractivity contribution in [2.75, 3.05) is 0 Å². The van der Waals surface area contributed by atoms with Gasteiger partial charge in [0, 0.05) is 16.3 Å². The fraction of sp³-hybridized carbons (Fsp3) is 0. The van der Waals surface area contributed by atoms with Crippen molar-refractivity contribution < 1.29 is 4.42 Å². The van der Waals surface area contributed by atoms with Gasteiger partial charge in [-0.1, -0.05) is 164 Å². The maximum Gasteiger partial charge on any atom is 0.143 e. The van der Waals surface area contributed by atoms with Crippen molar-refractivity contribution in [1.82, 2.24) is 0 Å². The highest BCUT2D eigenvalue weighted by molar-refractivity contribution is 6.29. The van der Waals surface area contributed by atoms with Crippen LogP contribution in [0.25, 0.3) is 109 Å². The van der Waals surface area contributed by atoms with Gasteiger partial charge < -0.3 is 4.42 Å². The molecule has 0 N–H and O–H groups in total. The summed E-state index contributed by atoms with van der Waals surface area (Å²) in [5, 5.41) is 15.0. The zero-order valence-electron chi connectivity index (χ0n) is 26.6. The van der Waals surface area contributed by atoms with Crippen molar-refractivity contribution in [1.29, 1.82) is 0 Å². The third-order valence-electron chi connectivity index (χ3n) is 10.6. The number of hydrogen-bond acceptors (Lipinski definition) is 1. The van der Waals surface area contributed by atoms with Crippen LogP contribution in [0, 0.1) is 0 Å². The van der Waals surface area contributed by atoms with Gasteiger partial charge in [0.25, 0.3) is 0 Å². The number of para-hydroxylation sites is 1. The molecular formula is C48H28O. The van der Waals surface area contributed by atoms with Gasteiger partial charge >= 0.3 is 0 Å². The van der Waals surface area contributed by atoms with Gasteiger partial charge in [-0.15, -0.1) is 0 Å². The van der Waals surface area contributed by atoms with E-state index in [0.717, 1.165) is 27.5 Å². The number of fused-ring (bicyclic) bond motifs is 5. The molecule has 0 saturated carbocycles. The Hall–Kier alpha value is -6.44. The monoisotopic (exact) mass is 620 g/mol. The maximum absolute atomic E-state index is 6.77. The minimum atomic E-state index is 0.907. The summed E-state index contributed by atoms with van der Waals surface area (Å²) in [6, 6.07) is 61.9. The summed E-state index contributed by atoms with van der Waals surface area (Å²) >= 11 is 0. The summed E-state index contributed by atoms with van der Waals surface area (Å²) in [6.07, 6.45) is 0. The zero-order valence-corrected chi connectivity index (χ0v) is 26.6. The lowest BCUT2D eigenvalue weighted by Gasteiger charge is -2.17. The third kappa shape index (κ3) is 3.76. The van der Waals surface area contributed by atoms with Gasteiger partial charge in [-0.05, 0) is 87.7 Å². The summed E-state index contributed by atoms with van der Waals surface area (Å²) < 4.78 is 6.77. The maximum atomic E-state index is 6.77. The quantitative estimate of drug-likeness (QED) is 0.179. The van der Waals surface area contributed by atoms with E-state index in [4.69, 9.17) is 4.42 Å². The van der Waals surface area contributed by atoms with E-state index in [1.54, 1.807) is 0 Å². The van der Waals surface area contributed by atoms with Gasteiger partial charge in [0.2, 0.25) is 0 Å². The molecule has 0 unspecified atom stereocenters. The molecule has 49 heavy (non-hydrogen) atoms. The Balaban J connectivity index is 1.18. The lowest BCUT2D eigenvalue weighted by molar-refractivity contribution is 0.670. The molecule has 0 aliphatic carbocycles. The standard InChI is InChI=1S/C48H28O/c1-3-13-33-29(9-1)11-5-15-35(33)37-25-21-31-24-28-41-38(26-22-32-23-27-40(37)45(31)46(32)41)39-17-8-20-44-47(39)43-19-7-18-42(48(43)49-44)36-16-6-12-30-10-2-4-14-34(30)36/h1-28H. The highest BCUT2D eigenvalue weighted by atomic mass is 16.3. The van der Waals surface area contributed by atoms with Crippen LogP contribution < -0.4 is 0 Å². The molecule has 1 heteroatoms. The first-order valence-corrected chi connectivity index (χ1v) is 16.9. The molecule has 1 heterocycles. The molecule has 0 amide bonds. The van der Waals surface area contributed by atoms with Crippen molar-refractivity contribution in [3.63, 3.8) is 0 Å². The average molecular weight is 621 g/mol. The molecule has 11 rings (SSSR count). The van der Waals surface area contributed by atoms with E-state index in [-0.39, 0.29) is 0 Å². The Morgan fingerprint density at radius 1 is 0.245 bits per heavy atom. The molecule has 0 saturated heterocycles. The van der Waals surface area contributed by atoms with Crippen LogP contribution in [0.2, 0.25) is 0 Å². The van der Waals surface area contributed by atoms with E-state index in [1.165, 1.54) is 81.7 Å². The predicted octanol–water partition coefficient (Wildman–Crippen LogP) is 13.8. The second-order valence-electron chi connectivity index (χ2n) is 13.2. The van der Waals surface area contributed by atoms with Crippen molar-refractivity contribution in [2.24, 2.45) is 0 Å². The zero-order chi connectivity index (χ0) is 32.1. The van der Waals surface area contributed by atoms with Gasteiger partial charge in [0.05, 0.1) is 0 Å². The summed E-state index contributed by atoms with van der Waals surface area (Å²) in [7, 11) is 0. The van der Waals surface area contributed by atoms with Gasteiger partial charge in [-0.2, -0.15) is 0 Å². The lowest BCUT2D eigenvalue weighted by Crippen LogP contribution is -1.90. The smallest absolute Gasteiger partial charge is 0.143 e. The van der Waals surface area contributed by atoms with Crippen LogP contribution in [-0.2, 0) is 0 Å². The van der Waals surface area contributed by atoms with Crippen molar-refractivity contribution in [2.45, 2.75) is 0 Å². The Morgan fingerprint density at radius 3 is 1.37 bits per heavy atom. The van der Waals surface area contributed by atoms with E-state index in [2.05, 4.69) is 170 Å². The molecule has 0 fully saturated rings. The van der Waals surface area contributed by atoms with Crippen LogP contribution in [0.5, 0.6) is 0 Å². The minimum Gasteiger partial charge on any atom is -0.455 e. The normalized spacial score (nSPS) is 12.1. The first-order chi connectivity index (χ1) is 24.3. The molecule has 0 radical (unpaired) electrons. The lowest BCUT2D eigenvalue weighted by atomic mass is 9.86. The SMILES string of the molecule is c1ccc2c(-c3ccc4ccc5c(-c6cccc7oc8c(-c9cccc%10ccccc9%10)cccc8c67)ccc6ccc3c4c65)cccc2c1.